The first-order valence-electron chi connectivity index (χ1n) is 12.6. The largest absolute Gasteiger partial charge is 0.497 e. The lowest BCUT2D eigenvalue weighted by atomic mass is 10.0. The molecule has 1 aliphatic heterocycles. The summed E-state index contributed by atoms with van der Waals surface area (Å²) in [5.41, 5.74) is 0.956. The number of carbonyl (C=O) groups excluding carboxylic acids is 1. The second-order valence-corrected chi connectivity index (χ2v) is 12.3. The number of halogens is 1. The lowest BCUT2D eigenvalue weighted by Gasteiger charge is -2.37. The van der Waals surface area contributed by atoms with Gasteiger partial charge in [-0.25, -0.2) is 12.8 Å². The number of para-hydroxylation sites is 1. The molecule has 0 unspecified atom stereocenters. The highest BCUT2D eigenvalue weighted by molar-refractivity contribution is 7.89. The predicted octanol–water partition coefficient (Wildman–Crippen LogP) is 5.14. The van der Waals surface area contributed by atoms with Gasteiger partial charge >= 0.3 is 0 Å². The number of hydrogen-bond acceptors (Lipinski definition) is 6. The van der Waals surface area contributed by atoms with Crippen LogP contribution in [0.1, 0.15) is 36.8 Å². The molecule has 0 fully saturated rings. The second-order valence-electron chi connectivity index (χ2n) is 9.38. The molecular weight excluding hydrogens is 527 g/mol. The average Bonchev–Trinajstić information content (AvgIpc) is 3.41. The Balaban J connectivity index is 1.59. The van der Waals surface area contributed by atoms with Crippen LogP contribution in [0.2, 0.25) is 0 Å². The van der Waals surface area contributed by atoms with E-state index >= 15 is 0 Å². The topological polar surface area (TPSA) is 76.2 Å². The zero-order valence-electron chi connectivity index (χ0n) is 21.8. The Bertz CT molecular complexity index is 1340. The second kappa shape index (κ2) is 12.3. The minimum Gasteiger partial charge on any atom is -0.497 e. The molecule has 0 N–H and O–H groups in total. The van der Waals surface area contributed by atoms with Crippen molar-refractivity contribution in [2.24, 2.45) is 5.92 Å². The highest BCUT2D eigenvalue weighted by Crippen LogP contribution is 2.34. The summed E-state index contributed by atoms with van der Waals surface area (Å²) in [6.45, 7) is 4.36. The number of carbonyl (C=O) groups is 1. The first-order chi connectivity index (χ1) is 18.2. The van der Waals surface area contributed by atoms with Crippen LogP contribution >= 0.6 is 11.3 Å². The Hall–Kier alpha value is -2.95. The molecule has 0 radical (unpaired) electrons. The van der Waals surface area contributed by atoms with Crippen molar-refractivity contribution in [3.05, 3.63) is 76.2 Å². The summed E-state index contributed by atoms with van der Waals surface area (Å²) < 4.78 is 53.7. The highest BCUT2D eigenvalue weighted by Gasteiger charge is 2.35. The lowest BCUT2D eigenvalue weighted by molar-refractivity contribution is -0.135. The van der Waals surface area contributed by atoms with Gasteiger partial charge in [0.05, 0.1) is 24.6 Å². The molecule has 10 heteroatoms. The maximum Gasteiger partial charge on any atom is 0.243 e. The van der Waals surface area contributed by atoms with E-state index in [1.807, 2.05) is 25.3 Å². The van der Waals surface area contributed by atoms with Crippen molar-refractivity contribution in [2.45, 2.75) is 37.6 Å². The van der Waals surface area contributed by atoms with Crippen LogP contribution in [0.4, 0.5) is 4.39 Å². The van der Waals surface area contributed by atoms with Gasteiger partial charge in [-0.3, -0.25) is 4.79 Å². The molecule has 1 aliphatic rings. The zero-order chi connectivity index (χ0) is 27.3. The molecule has 38 heavy (non-hydrogen) atoms. The monoisotopic (exact) mass is 560 g/mol. The molecule has 1 amide bonds. The van der Waals surface area contributed by atoms with Crippen molar-refractivity contribution in [3.63, 3.8) is 0 Å². The van der Waals surface area contributed by atoms with Crippen LogP contribution in [0, 0.1) is 11.7 Å². The molecule has 3 aromatic rings. The summed E-state index contributed by atoms with van der Waals surface area (Å²) in [6.07, 6.45) is 1.44. The Morgan fingerprint density at radius 1 is 1.18 bits per heavy atom. The fourth-order valence-electron chi connectivity index (χ4n) is 4.47. The maximum atomic E-state index is 14.2. The Morgan fingerprint density at radius 3 is 2.61 bits per heavy atom. The van der Waals surface area contributed by atoms with E-state index in [4.69, 9.17) is 9.47 Å². The van der Waals surface area contributed by atoms with Crippen LogP contribution in [0.15, 0.2) is 64.9 Å². The summed E-state index contributed by atoms with van der Waals surface area (Å²) in [5.74, 6) is -0.0731. The standard InChI is InChI=1S/C28H33FN2O5S2/c1-4-20(2)17-30(38(33,34)22-11-9-21(35-3)10-12-22)18-28(32)31-15-13-27-23(14-16-37-27)25(31)19-36-26-8-6-5-7-24(26)29/h5-12,14,16,20,25H,4,13,15,17-19H2,1-3H3/t20-,25-/m1/s1. The number of sulfonamides is 1. The molecule has 2 heterocycles. The number of amides is 1. The van der Waals surface area contributed by atoms with Crippen LogP contribution < -0.4 is 9.47 Å². The van der Waals surface area contributed by atoms with Crippen molar-refractivity contribution >= 4 is 27.3 Å². The number of fused-ring (bicyclic) bond motifs is 1. The van der Waals surface area contributed by atoms with E-state index < -0.39 is 21.9 Å². The summed E-state index contributed by atoms with van der Waals surface area (Å²) >= 11 is 1.61. The Kier molecular flexibility index (Phi) is 9.07. The van der Waals surface area contributed by atoms with Gasteiger partial charge in [0.1, 0.15) is 12.4 Å². The Morgan fingerprint density at radius 2 is 1.92 bits per heavy atom. The quantitative estimate of drug-likeness (QED) is 0.325. The average molecular weight is 561 g/mol. The smallest absolute Gasteiger partial charge is 0.243 e. The number of ether oxygens (including phenoxy) is 2. The summed E-state index contributed by atoms with van der Waals surface area (Å²) in [6, 6.07) is 13.8. The van der Waals surface area contributed by atoms with E-state index in [0.717, 1.165) is 16.9 Å². The first-order valence-corrected chi connectivity index (χ1v) is 14.9. The number of nitrogens with zero attached hydrogens (tertiary/aromatic N) is 2. The molecule has 0 spiro atoms. The van der Waals surface area contributed by atoms with Crippen molar-refractivity contribution in [3.8, 4) is 11.5 Å². The van der Waals surface area contributed by atoms with Crippen LogP contribution in [0.5, 0.6) is 11.5 Å². The molecule has 0 bridgehead atoms. The SMILES string of the molecule is CC[C@@H](C)CN(CC(=O)N1CCc2sccc2[C@H]1COc1ccccc1F)S(=O)(=O)c1ccc(OC)cc1. The molecule has 2 atom stereocenters. The third kappa shape index (κ3) is 6.19. The van der Waals surface area contributed by atoms with Crippen LogP contribution in [-0.4, -0.2) is 56.9 Å². The molecule has 204 valence electrons. The van der Waals surface area contributed by atoms with E-state index in [1.165, 1.54) is 29.6 Å². The molecule has 0 saturated heterocycles. The van der Waals surface area contributed by atoms with Gasteiger partial charge in [0.2, 0.25) is 15.9 Å². The third-order valence-electron chi connectivity index (χ3n) is 6.87. The molecule has 4 rings (SSSR count). The van der Waals surface area contributed by atoms with Gasteiger partial charge in [-0.2, -0.15) is 4.31 Å². The summed E-state index contributed by atoms with van der Waals surface area (Å²) in [7, 11) is -2.43. The molecular formula is C28H33FN2O5S2. The predicted molar refractivity (Wildman–Crippen MR) is 146 cm³/mol. The fourth-order valence-corrected chi connectivity index (χ4v) is 6.91. The Labute approximate surface area is 227 Å². The number of methoxy groups -OCH3 is 1. The van der Waals surface area contributed by atoms with Gasteiger partial charge in [-0.05, 0) is 65.7 Å². The van der Waals surface area contributed by atoms with Crippen LogP contribution in [-0.2, 0) is 21.2 Å². The first kappa shape index (κ1) is 28.1. The fraction of sp³-hybridized carbons (Fsp3) is 0.393. The minimum atomic E-state index is -3.94. The lowest BCUT2D eigenvalue weighted by Crippen LogP contribution is -2.48. The normalized spacial score (nSPS) is 16.2. The van der Waals surface area contributed by atoms with Gasteiger partial charge < -0.3 is 14.4 Å². The molecule has 0 aliphatic carbocycles. The van der Waals surface area contributed by atoms with Crippen molar-refractivity contribution in [1.29, 1.82) is 0 Å². The van der Waals surface area contributed by atoms with Gasteiger partial charge in [-0.1, -0.05) is 32.4 Å². The minimum absolute atomic E-state index is 0.0563. The highest BCUT2D eigenvalue weighted by atomic mass is 32.2. The summed E-state index contributed by atoms with van der Waals surface area (Å²) in [5, 5.41) is 1.97. The van der Waals surface area contributed by atoms with Crippen LogP contribution in [0.3, 0.4) is 0 Å². The van der Waals surface area contributed by atoms with Gasteiger partial charge in [0, 0.05) is 18.0 Å². The van der Waals surface area contributed by atoms with E-state index in [2.05, 4.69) is 0 Å². The molecule has 0 saturated carbocycles. The number of hydrogen-bond donors (Lipinski definition) is 0. The van der Waals surface area contributed by atoms with Crippen molar-refractivity contribution in [2.75, 3.05) is 33.4 Å². The molecule has 1 aromatic heterocycles. The van der Waals surface area contributed by atoms with Crippen molar-refractivity contribution < 1.29 is 27.1 Å². The number of rotatable bonds is 11. The van der Waals surface area contributed by atoms with Gasteiger partial charge in [0.15, 0.2) is 11.6 Å². The molecule has 2 aromatic carbocycles. The molecule has 7 nitrogen and oxygen atoms in total. The van der Waals surface area contributed by atoms with E-state index in [0.29, 0.717) is 18.7 Å². The van der Waals surface area contributed by atoms with E-state index in [1.54, 1.807) is 46.6 Å². The number of thiophene rings is 1. The van der Waals surface area contributed by atoms with Gasteiger partial charge in [0.25, 0.3) is 0 Å². The zero-order valence-corrected chi connectivity index (χ0v) is 23.4. The van der Waals surface area contributed by atoms with Crippen molar-refractivity contribution in [1.82, 2.24) is 9.21 Å². The van der Waals surface area contributed by atoms with Crippen LogP contribution in [0.25, 0.3) is 0 Å². The van der Waals surface area contributed by atoms with Gasteiger partial charge in [-0.15, -0.1) is 11.3 Å². The maximum absolute atomic E-state index is 14.2. The number of benzene rings is 2. The van der Waals surface area contributed by atoms with E-state index in [9.17, 15) is 17.6 Å². The third-order valence-corrected chi connectivity index (χ3v) is 9.69. The van der Waals surface area contributed by atoms with E-state index in [-0.39, 0.29) is 42.2 Å². The summed E-state index contributed by atoms with van der Waals surface area (Å²) in [4.78, 5) is 16.7.